The van der Waals surface area contributed by atoms with Crippen molar-refractivity contribution >= 4 is 11.6 Å². The SMILES string of the molecule is COCCC(=O)N1CCC[C@H]1c1cc2nc(C3CCN(C(C)C)CC3)cc(=O)n2[nH]1. The zero-order valence-electron chi connectivity index (χ0n) is 18.3. The molecule has 1 atom stereocenters. The van der Waals surface area contributed by atoms with Crippen molar-refractivity contribution < 1.29 is 9.53 Å². The maximum atomic E-state index is 12.8. The Bertz CT molecular complexity index is 942. The highest BCUT2D eigenvalue weighted by atomic mass is 16.5. The van der Waals surface area contributed by atoms with Crippen molar-refractivity contribution in [1.29, 1.82) is 0 Å². The van der Waals surface area contributed by atoms with Gasteiger partial charge in [0, 0.05) is 37.7 Å². The van der Waals surface area contributed by atoms with Gasteiger partial charge in [-0.3, -0.25) is 14.7 Å². The third-order valence-corrected chi connectivity index (χ3v) is 6.62. The molecule has 8 heteroatoms. The van der Waals surface area contributed by atoms with Crippen molar-refractivity contribution in [2.45, 2.75) is 64.0 Å². The van der Waals surface area contributed by atoms with Gasteiger partial charge in [-0.1, -0.05) is 0 Å². The second kappa shape index (κ2) is 8.89. The highest BCUT2D eigenvalue weighted by Crippen LogP contribution is 2.32. The summed E-state index contributed by atoms with van der Waals surface area (Å²) in [5.74, 6) is 0.422. The summed E-state index contributed by atoms with van der Waals surface area (Å²) in [6.45, 7) is 7.71. The molecule has 30 heavy (non-hydrogen) atoms. The molecule has 1 N–H and O–H groups in total. The number of aromatic nitrogens is 3. The van der Waals surface area contributed by atoms with E-state index in [9.17, 15) is 9.59 Å². The Balaban J connectivity index is 1.55. The second-order valence-corrected chi connectivity index (χ2v) is 8.82. The van der Waals surface area contributed by atoms with Crippen molar-refractivity contribution in [3.8, 4) is 0 Å². The fourth-order valence-corrected chi connectivity index (χ4v) is 4.84. The number of fused-ring (bicyclic) bond motifs is 1. The molecule has 0 radical (unpaired) electrons. The number of piperidine rings is 1. The highest BCUT2D eigenvalue weighted by molar-refractivity contribution is 5.77. The Hall–Kier alpha value is -2.19. The van der Waals surface area contributed by atoms with Gasteiger partial charge in [0.1, 0.15) is 0 Å². The summed E-state index contributed by atoms with van der Waals surface area (Å²) in [7, 11) is 1.61. The third-order valence-electron chi connectivity index (χ3n) is 6.62. The van der Waals surface area contributed by atoms with Crippen LogP contribution < -0.4 is 5.56 Å². The number of methoxy groups -OCH3 is 1. The largest absolute Gasteiger partial charge is 0.384 e. The van der Waals surface area contributed by atoms with Gasteiger partial charge in [0.05, 0.1) is 30.5 Å². The van der Waals surface area contributed by atoms with Gasteiger partial charge in [-0.2, -0.15) is 0 Å². The fourth-order valence-electron chi connectivity index (χ4n) is 4.84. The number of rotatable bonds is 6. The van der Waals surface area contributed by atoms with E-state index in [-0.39, 0.29) is 17.5 Å². The molecular formula is C22H33N5O3. The van der Waals surface area contributed by atoms with Crippen LogP contribution in [-0.2, 0) is 9.53 Å². The van der Waals surface area contributed by atoms with Crippen LogP contribution in [0.25, 0.3) is 5.65 Å². The molecular weight excluding hydrogens is 382 g/mol. The van der Waals surface area contributed by atoms with Crippen molar-refractivity contribution in [2.75, 3.05) is 33.4 Å². The van der Waals surface area contributed by atoms with Crippen LogP contribution in [0, 0.1) is 0 Å². The quantitative estimate of drug-likeness (QED) is 0.783. The normalized spacial score (nSPS) is 21.2. The number of hydrogen-bond acceptors (Lipinski definition) is 5. The van der Waals surface area contributed by atoms with Crippen LogP contribution >= 0.6 is 0 Å². The molecule has 2 aromatic rings. The van der Waals surface area contributed by atoms with Crippen molar-refractivity contribution in [3.05, 3.63) is 33.9 Å². The average Bonchev–Trinajstić information content (AvgIpc) is 3.39. The Morgan fingerprint density at radius 3 is 2.70 bits per heavy atom. The lowest BCUT2D eigenvalue weighted by atomic mass is 9.92. The molecule has 2 saturated heterocycles. The zero-order valence-corrected chi connectivity index (χ0v) is 18.3. The first-order chi connectivity index (χ1) is 14.5. The second-order valence-electron chi connectivity index (χ2n) is 8.82. The average molecular weight is 416 g/mol. The Morgan fingerprint density at radius 2 is 2.00 bits per heavy atom. The van der Waals surface area contributed by atoms with Crippen LogP contribution in [0.2, 0.25) is 0 Å². The van der Waals surface area contributed by atoms with E-state index in [4.69, 9.17) is 9.72 Å². The number of hydrogen-bond donors (Lipinski definition) is 1. The molecule has 4 rings (SSSR count). The topological polar surface area (TPSA) is 82.9 Å². The standard InChI is InChI=1S/C22H33N5O3/c1-15(2)25-10-6-16(7-11-25)17-14-22(29)27-20(23-17)13-18(24-27)19-5-4-9-26(19)21(28)8-12-30-3/h13-16,19,24H,4-12H2,1-3H3/t19-/m0/s1. The number of aromatic amines is 1. The van der Waals surface area contributed by atoms with Crippen LogP contribution in [0.4, 0.5) is 0 Å². The van der Waals surface area contributed by atoms with Gasteiger partial charge in [-0.15, -0.1) is 0 Å². The molecule has 2 fully saturated rings. The summed E-state index contributed by atoms with van der Waals surface area (Å²) in [5.41, 5.74) is 2.35. The smallest absolute Gasteiger partial charge is 0.272 e. The number of carbonyl (C=O) groups is 1. The minimum absolute atomic E-state index is 0.0341. The summed E-state index contributed by atoms with van der Waals surface area (Å²) >= 11 is 0. The predicted molar refractivity (Wildman–Crippen MR) is 115 cm³/mol. The van der Waals surface area contributed by atoms with Gasteiger partial charge in [-0.05, 0) is 52.6 Å². The number of carbonyl (C=O) groups excluding carboxylic acids is 1. The lowest BCUT2D eigenvalue weighted by Crippen LogP contribution is -2.38. The van der Waals surface area contributed by atoms with E-state index in [1.807, 2.05) is 11.0 Å². The first-order valence-corrected chi connectivity index (χ1v) is 11.1. The van der Waals surface area contributed by atoms with E-state index in [2.05, 4.69) is 23.8 Å². The molecule has 2 aliphatic heterocycles. The summed E-state index contributed by atoms with van der Waals surface area (Å²) < 4.78 is 6.57. The van der Waals surface area contributed by atoms with Crippen LogP contribution in [0.5, 0.6) is 0 Å². The number of nitrogens with zero attached hydrogens (tertiary/aromatic N) is 4. The van der Waals surface area contributed by atoms with Gasteiger partial charge in [0.2, 0.25) is 5.91 Å². The summed E-state index contributed by atoms with van der Waals surface area (Å²) in [4.78, 5) is 34.5. The maximum Gasteiger partial charge on any atom is 0.272 e. The van der Waals surface area contributed by atoms with Gasteiger partial charge in [0.15, 0.2) is 5.65 Å². The van der Waals surface area contributed by atoms with Crippen molar-refractivity contribution in [1.82, 2.24) is 24.4 Å². The number of ether oxygens (including phenoxy) is 1. The molecule has 0 aliphatic carbocycles. The Morgan fingerprint density at radius 1 is 1.23 bits per heavy atom. The molecule has 0 unspecified atom stereocenters. The van der Waals surface area contributed by atoms with Crippen LogP contribution in [0.15, 0.2) is 16.9 Å². The number of nitrogens with one attached hydrogen (secondary N) is 1. The molecule has 8 nitrogen and oxygen atoms in total. The number of amides is 1. The highest BCUT2D eigenvalue weighted by Gasteiger charge is 2.31. The molecule has 1 amide bonds. The van der Waals surface area contributed by atoms with Gasteiger partial charge in [0.25, 0.3) is 5.56 Å². The van der Waals surface area contributed by atoms with Gasteiger partial charge in [-0.25, -0.2) is 9.50 Å². The third kappa shape index (κ3) is 4.16. The van der Waals surface area contributed by atoms with Crippen molar-refractivity contribution in [2.24, 2.45) is 0 Å². The van der Waals surface area contributed by atoms with E-state index >= 15 is 0 Å². The van der Waals surface area contributed by atoms with Crippen LogP contribution in [-0.4, -0.2) is 69.7 Å². The minimum atomic E-state index is -0.0807. The molecule has 164 valence electrons. The van der Waals surface area contributed by atoms with E-state index in [0.29, 0.717) is 30.6 Å². The van der Waals surface area contributed by atoms with Crippen molar-refractivity contribution in [3.63, 3.8) is 0 Å². The molecule has 0 bridgehead atoms. The molecule has 0 saturated carbocycles. The molecule has 2 aromatic heterocycles. The van der Waals surface area contributed by atoms with Gasteiger partial charge >= 0.3 is 0 Å². The first kappa shape index (κ1) is 21.1. The predicted octanol–water partition coefficient (Wildman–Crippen LogP) is 2.31. The number of likely N-dealkylation sites (tertiary alicyclic amines) is 2. The van der Waals surface area contributed by atoms with Gasteiger partial charge < -0.3 is 14.5 Å². The number of H-pyrrole nitrogens is 1. The molecule has 2 aliphatic rings. The minimum Gasteiger partial charge on any atom is -0.384 e. The molecule has 4 heterocycles. The van der Waals surface area contributed by atoms with Crippen LogP contribution in [0.3, 0.4) is 0 Å². The van der Waals surface area contributed by atoms with E-state index in [1.54, 1.807) is 13.2 Å². The van der Waals surface area contributed by atoms with E-state index in [0.717, 1.165) is 56.7 Å². The Kier molecular flexibility index (Phi) is 6.24. The fraction of sp³-hybridized carbons (Fsp3) is 0.682. The van der Waals surface area contributed by atoms with Crippen LogP contribution in [0.1, 0.15) is 69.3 Å². The lowest BCUT2D eigenvalue weighted by Gasteiger charge is -2.34. The van der Waals surface area contributed by atoms with E-state index < -0.39 is 0 Å². The monoisotopic (exact) mass is 415 g/mol. The molecule has 0 aromatic carbocycles. The zero-order chi connectivity index (χ0) is 21.3. The maximum absolute atomic E-state index is 12.8. The van der Waals surface area contributed by atoms with E-state index in [1.165, 1.54) is 4.52 Å². The summed E-state index contributed by atoms with van der Waals surface area (Å²) in [5, 5.41) is 3.21. The molecule has 0 spiro atoms. The Labute approximate surface area is 177 Å². The first-order valence-electron chi connectivity index (χ1n) is 11.1. The summed E-state index contributed by atoms with van der Waals surface area (Å²) in [6.07, 6.45) is 4.29. The lowest BCUT2D eigenvalue weighted by molar-refractivity contribution is -0.133. The summed E-state index contributed by atoms with van der Waals surface area (Å²) in [6, 6.07) is 4.15.